The number of benzene rings is 1. The van der Waals surface area contributed by atoms with E-state index in [1.54, 1.807) is 12.3 Å². The molecule has 1 fully saturated rings. The average molecular weight is 343 g/mol. The first kappa shape index (κ1) is 17.6. The Morgan fingerprint density at radius 1 is 1.36 bits per heavy atom. The maximum atomic E-state index is 13.5. The minimum absolute atomic E-state index is 0.0223. The Labute approximate surface area is 148 Å². The Morgan fingerprint density at radius 2 is 2.16 bits per heavy atom. The fourth-order valence-corrected chi connectivity index (χ4v) is 3.38. The largest absolute Gasteiger partial charge is 0.340 e. The molecule has 1 atom stereocenters. The molecule has 1 aliphatic heterocycles. The quantitative estimate of drug-likeness (QED) is 0.878. The van der Waals surface area contributed by atoms with Gasteiger partial charge in [0.25, 0.3) is 0 Å². The van der Waals surface area contributed by atoms with Crippen molar-refractivity contribution in [3.8, 4) is 11.3 Å². The summed E-state index contributed by atoms with van der Waals surface area (Å²) < 4.78 is 13.5. The highest BCUT2D eigenvalue weighted by Gasteiger charge is 2.31. The molecule has 3 rings (SSSR count). The van der Waals surface area contributed by atoms with Gasteiger partial charge in [0.15, 0.2) is 0 Å². The molecular weight excluding hydrogens is 317 g/mol. The van der Waals surface area contributed by atoms with Gasteiger partial charge in [0, 0.05) is 18.5 Å². The first-order valence-corrected chi connectivity index (χ1v) is 8.94. The van der Waals surface area contributed by atoms with E-state index in [4.69, 9.17) is 0 Å². The first-order chi connectivity index (χ1) is 11.8. The molecule has 2 aromatic rings. The van der Waals surface area contributed by atoms with E-state index in [2.05, 4.69) is 30.7 Å². The summed E-state index contributed by atoms with van der Waals surface area (Å²) in [5, 5.41) is 0. The number of imidazole rings is 1. The van der Waals surface area contributed by atoms with E-state index < -0.39 is 0 Å². The lowest BCUT2D eigenvalue weighted by Gasteiger charge is -2.36. The minimum Gasteiger partial charge on any atom is -0.340 e. The lowest BCUT2D eigenvalue weighted by Crippen LogP contribution is -2.40. The maximum absolute atomic E-state index is 13.5. The van der Waals surface area contributed by atoms with Crippen LogP contribution in [0.1, 0.15) is 58.3 Å². The topological polar surface area (TPSA) is 49.0 Å². The second-order valence-electron chi connectivity index (χ2n) is 8.03. The zero-order chi connectivity index (χ0) is 18.0. The van der Waals surface area contributed by atoms with Gasteiger partial charge >= 0.3 is 0 Å². The summed E-state index contributed by atoms with van der Waals surface area (Å²) >= 11 is 0. The molecule has 134 valence electrons. The van der Waals surface area contributed by atoms with E-state index in [1.807, 2.05) is 11.0 Å². The van der Waals surface area contributed by atoms with Gasteiger partial charge in [0.2, 0.25) is 5.91 Å². The van der Waals surface area contributed by atoms with E-state index >= 15 is 0 Å². The molecule has 0 saturated carbocycles. The Hall–Kier alpha value is -2.17. The summed E-state index contributed by atoms with van der Waals surface area (Å²) in [6.45, 7) is 7.02. The van der Waals surface area contributed by atoms with E-state index in [-0.39, 0.29) is 23.2 Å². The van der Waals surface area contributed by atoms with Crippen LogP contribution in [0.15, 0.2) is 30.5 Å². The molecule has 25 heavy (non-hydrogen) atoms. The molecule has 1 N–H and O–H groups in total. The zero-order valence-electron chi connectivity index (χ0n) is 15.2. The van der Waals surface area contributed by atoms with Crippen LogP contribution in [0.3, 0.4) is 0 Å². The Bertz CT molecular complexity index is 747. The number of amides is 1. The number of nitrogens with zero attached hydrogens (tertiary/aromatic N) is 2. The summed E-state index contributed by atoms with van der Waals surface area (Å²) in [4.78, 5) is 22.5. The third-order valence-corrected chi connectivity index (χ3v) is 4.55. The molecule has 0 radical (unpaired) electrons. The Kier molecular flexibility index (Phi) is 4.93. The van der Waals surface area contributed by atoms with Gasteiger partial charge in [-0.15, -0.1) is 0 Å². The van der Waals surface area contributed by atoms with Gasteiger partial charge in [-0.3, -0.25) is 4.79 Å². The molecule has 0 spiro atoms. The minimum atomic E-state index is -0.270. The molecule has 1 aliphatic rings. The Morgan fingerprint density at radius 3 is 2.88 bits per heavy atom. The van der Waals surface area contributed by atoms with E-state index in [0.717, 1.165) is 42.9 Å². The standard InChI is InChI=1S/C20H26FN3O/c1-20(2,3)12-18(25)24-10-5-4-9-17(24)19-22-13-16(23-19)14-7-6-8-15(21)11-14/h6-8,11,13,17H,4-5,9-10,12H2,1-3H3,(H,22,23). The molecule has 5 heteroatoms. The van der Waals surface area contributed by atoms with E-state index in [0.29, 0.717) is 6.42 Å². The van der Waals surface area contributed by atoms with Crippen LogP contribution in [0.5, 0.6) is 0 Å². The van der Waals surface area contributed by atoms with Crippen LogP contribution in [0, 0.1) is 11.2 Å². The normalized spacial score (nSPS) is 18.4. The van der Waals surface area contributed by atoms with Gasteiger partial charge in [-0.05, 0) is 36.8 Å². The highest BCUT2D eigenvalue weighted by Crippen LogP contribution is 2.33. The number of aromatic nitrogens is 2. The van der Waals surface area contributed by atoms with Gasteiger partial charge in [-0.25, -0.2) is 9.37 Å². The summed E-state index contributed by atoms with van der Waals surface area (Å²) in [6.07, 6.45) is 5.28. The van der Waals surface area contributed by atoms with Gasteiger partial charge in [-0.1, -0.05) is 32.9 Å². The van der Waals surface area contributed by atoms with Crippen LogP contribution in [-0.2, 0) is 4.79 Å². The fraction of sp³-hybridized carbons (Fsp3) is 0.500. The molecule has 1 unspecified atom stereocenters. The smallest absolute Gasteiger partial charge is 0.223 e. The van der Waals surface area contributed by atoms with E-state index in [1.165, 1.54) is 12.1 Å². The van der Waals surface area contributed by atoms with E-state index in [9.17, 15) is 9.18 Å². The molecule has 0 aliphatic carbocycles. The highest BCUT2D eigenvalue weighted by atomic mass is 19.1. The number of hydrogen-bond donors (Lipinski definition) is 1. The fourth-order valence-electron chi connectivity index (χ4n) is 3.38. The summed E-state index contributed by atoms with van der Waals surface area (Å²) in [5.41, 5.74) is 1.51. The molecule has 1 amide bonds. The predicted molar refractivity (Wildman–Crippen MR) is 96.4 cm³/mol. The van der Waals surface area contributed by atoms with Crippen LogP contribution in [0.4, 0.5) is 4.39 Å². The molecule has 2 heterocycles. The number of hydrogen-bond acceptors (Lipinski definition) is 2. The van der Waals surface area contributed by atoms with Gasteiger partial charge in [0.05, 0.1) is 17.9 Å². The molecule has 1 saturated heterocycles. The summed E-state index contributed by atoms with van der Waals surface area (Å²) in [6, 6.07) is 6.43. The first-order valence-electron chi connectivity index (χ1n) is 8.94. The summed E-state index contributed by atoms with van der Waals surface area (Å²) in [7, 11) is 0. The van der Waals surface area contributed by atoms with Crippen molar-refractivity contribution < 1.29 is 9.18 Å². The van der Waals surface area contributed by atoms with Crippen molar-refractivity contribution in [1.29, 1.82) is 0 Å². The average Bonchev–Trinajstić information content (AvgIpc) is 3.03. The van der Waals surface area contributed by atoms with Gasteiger partial charge < -0.3 is 9.88 Å². The number of carbonyl (C=O) groups excluding carboxylic acids is 1. The second-order valence-corrected chi connectivity index (χ2v) is 8.03. The zero-order valence-corrected chi connectivity index (χ0v) is 15.2. The predicted octanol–water partition coefficient (Wildman–Crippen LogP) is 4.71. The monoisotopic (exact) mass is 343 g/mol. The molecule has 4 nitrogen and oxygen atoms in total. The van der Waals surface area contributed by atoms with Crippen molar-refractivity contribution in [2.24, 2.45) is 5.41 Å². The van der Waals surface area contributed by atoms with Crippen molar-refractivity contribution in [1.82, 2.24) is 14.9 Å². The van der Waals surface area contributed by atoms with Crippen LogP contribution in [-0.4, -0.2) is 27.3 Å². The molecular formula is C20H26FN3O. The van der Waals surface area contributed by atoms with Gasteiger partial charge in [-0.2, -0.15) is 0 Å². The number of halogens is 1. The van der Waals surface area contributed by atoms with Crippen molar-refractivity contribution >= 4 is 5.91 Å². The maximum Gasteiger partial charge on any atom is 0.223 e. The number of likely N-dealkylation sites (tertiary alicyclic amines) is 1. The number of carbonyl (C=O) groups is 1. The third kappa shape index (κ3) is 4.27. The SMILES string of the molecule is CC(C)(C)CC(=O)N1CCCCC1c1ncc(-c2cccc(F)c2)[nH]1. The molecule has 0 bridgehead atoms. The van der Waals surface area contributed by atoms with Crippen molar-refractivity contribution in [2.75, 3.05) is 6.54 Å². The van der Waals surface area contributed by atoms with Gasteiger partial charge in [0.1, 0.15) is 11.6 Å². The van der Waals surface area contributed by atoms with Crippen LogP contribution in [0.2, 0.25) is 0 Å². The van der Waals surface area contributed by atoms with Crippen molar-refractivity contribution in [2.45, 2.75) is 52.5 Å². The van der Waals surface area contributed by atoms with Crippen molar-refractivity contribution in [3.05, 3.63) is 42.1 Å². The third-order valence-electron chi connectivity index (χ3n) is 4.55. The molecule has 1 aromatic carbocycles. The summed E-state index contributed by atoms with van der Waals surface area (Å²) in [5.74, 6) is 0.704. The number of rotatable bonds is 3. The number of H-pyrrole nitrogens is 1. The van der Waals surface area contributed by atoms with Crippen LogP contribution in [0.25, 0.3) is 11.3 Å². The number of nitrogens with one attached hydrogen (secondary N) is 1. The lowest BCUT2D eigenvalue weighted by molar-refractivity contribution is -0.137. The number of piperidine rings is 1. The lowest BCUT2D eigenvalue weighted by atomic mass is 9.90. The van der Waals surface area contributed by atoms with Crippen molar-refractivity contribution in [3.63, 3.8) is 0 Å². The Balaban J connectivity index is 1.82. The van der Waals surface area contributed by atoms with Crippen LogP contribution >= 0.6 is 0 Å². The second kappa shape index (κ2) is 6.98. The molecule has 1 aromatic heterocycles. The highest BCUT2D eigenvalue weighted by molar-refractivity contribution is 5.77. The number of aromatic amines is 1. The van der Waals surface area contributed by atoms with Crippen LogP contribution < -0.4 is 0 Å².